The first-order valence-corrected chi connectivity index (χ1v) is 8.68. The molecule has 0 atom stereocenters. The number of hydrogen-bond acceptors (Lipinski definition) is 7. The van der Waals surface area contributed by atoms with Crippen LogP contribution in [0.15, 0.2) is 41.7 Å². The lowest BCUT2D eigenvalue weighted by molar-refractivity contribution is -0.139. The molecule has 27 heavy (non-hydrogen) atoms. The lowest BCUT2D eigenvalue weighted by Crippen LogP contribution is -2.28. The normalized spacial score (nSPS) is 14.2. The molecule has 0 aromatic heterocycles. The van der Waals surface area contributed by atoms with Gasteiger partial charge in [-0.25, -0.2) is 9.59 Å². The second-order valence-corrected chi connectivity index (χ2v) is 5.82. The second-order valence-electron chi connectivity index (χ2n) is 5.82. The molecule has 0 amide bonds. The highest BCUT2D eigenvalue weighted by Crippen LogP contribution is 2.42. The van der Waals surface area contributed by atoms with Gasteiger partial charge < -0.3 is 23.8 Å². The summed E-state index contributed by atoms with van der Waals surface area (Å²) in [5.74, 6) is -0.578. The Kier molecular flexibility index (Phi) is 6.87. The van der Waals surface area contributed by atoms with Crippen molar-refractivity contribution in [1.29, 1.82) is 0 Å². The molecule has 0 bridgehead atoms. The Morgan fingerprint density at radius 2 is 1.52 bits per heavy atom. The van der Waals surface area contributed by atoms with Gasteiger partial charge in [0.1, 0.15) is 11.5 Å². The largest absolute Gasteiger partial charge is 0.497 e. The molecule has 7 heteroatoms. The van der Waals surface area contributed by atoms with Gasteiger partial charge in [0.15, 0.2) is 0 Å². The molecule has 0 saturated heterocycles. The van der Waals surface area contributed by atoms with Crippen molar-refractivity contribution in [3.63, 3.8) is 0 Å². The minimum absolute atomic E-state index is 0.227. The summed E-state index contributed by atoms with van der Waals surface area (Å²) in [6, 6.07) is 5.23. The van der Waals surface area contributed by atoms with Crippen molar-refractivity contribution in [2.75, 3.05) is 34.5 Å². The van der Waals surface area contributed by atoms with Crippen LogP contribution in [0.5, 0.6) is 11.5 Å². The highest BCUT2D eigenvalue weighted by atomic mass is 16.5. The van der Waals surface area contributed by atoms with E-state index < -0.39 is 17.9 Å². The number of nitrogens with zero attached hydrogens (tertiary/aromatic N) is 1. The van der Waals surface area contributed by atoms with Gasteiger partial charge in [0.05, 0.1) is 44.5 Å². The number of esters is 2. The zero-order valence-corrected chi connectivity index (χ0v) is 16.3. The standard InChI is InChI=1S/C20H25NO6/c1-6-26-19(22)15-11-21(3)12-16(20(23)27-7-2)18(15)14-9-8-13(24-4)10-17(14)25-5/h8-12,18H,6-7H2,1-5H3. The van der Waals surface area contributed by atoms with Crippen molar-refractivity contribution in [2.24, 2.45) is 0 Å². The van der Waals surface area contributed by atoms with Crippen LogP contribution in [0.4, 0.5) is 0 Å². The Hall–Kier alpha value is -2.96. The van der Waals surface area contributed by atoms with Crippen LogP contribution >= 0.6 is 0 Å². The number of carbonyl (C=O) groups is 2. The number of carbonyl (C=O) groups excluding carboxylic acids is 2. The Labute approximate surface area is 159 Å². The number of rotatable bonds is 7. The molecule has 1 aromatic rings. The van der Waals surface area contributed by atoms with Crippen molar-refractivity contribution in [3.05, 3.63) is 47.3 Å². The third kappa shape index (κ3) is 4.42. The number of benzene rings is 1. The maximum absolute atomic E-state index is 12.6. The van der Waals surface area contributed by atoms with Crippen molar-refractivity contribution < 1.29 is 28.5 Å². The molecule has 0 fully saturated rings. The SMILES string of the molecule is CCOC(=O)C1=CN(C)C=C(C(=O)OCC)C1c1ccc(OC)cc1OC. The summed E-state index contributed by atoms with van der Waals surface area (Å²) in [4.78, 5) is 26.9. The van der Waals surface area contributed by atoms with Gasteiger partial charge in [-0.2, -0.15) is 0 Å². The van der Waals surface area contributed by atoms with Crippen molar-refractivity contribution in [3.8, 4) is 11.5 Å². The van der Waals surface area contributed by atoms with E-state index in [-0.39, 0.29) is 13.2 Å². The first-order chi connectivity index (χ1) is 13.0. The van der Waals surface area contributed by atoms with Crippen LogP contribution < -0.4 is 9.47 Å². The number of hydrogen-bond donors (Lipinski definition) is 0. The van der Waals surface area contributed by atoms with E-state index >= 15 is 0 Å². The summed E-state index contributed by atoms with van der Waals surface area (Å²) in [7, 11) is 4.81. The Bertz CT molecular complexity index is 732. The van der Waals surface area contributed by atoms with Crippen LogP contribution in [0.25, 0.3) is 0 Å². The summed E-state index contributed by atoms with van der Waals surface area (Å²) in [6.07, 6.45) is 3.30. The molecule has 1 heterocycles. The van der Waals surface area contributed by atoms with Crippen LogP contribution in [0.1, 0.15) is 25.3 Å². The van der Waals surface area contributed by atoms with E-state index in [9.17, 15) is 9.59 Å². The Morgan fingerprint density at radius 1 is 0.963 bits per heavy atom. The average Bonchev–Trinajstić information content (AvgIpc) is 2.67. The van der Waals surface area contributed by atoms with E-state index in [2.05, 4.69) is 0 Å². The van der Waals surface area contributed by atoms with E-state index in [1.165, 1.54) is 7.11 Å². The minimum Gasteiger partial charge on any atom is -0.497 e. The van der Waals surface area contributed by atoms with Gasteiger partial charge in [-0.3, -0.25) is 0 Å². The summed E-state index contributed by atoms with van der Waals surface area (Å²) >= 11 is 0. The molecule has 1 aliphatic heterocycles. The topological polar surface area (TPSA) is 74.3 Å². The van der Waals surface area contributed by atoms with Crippen LogP contribution in [-0.4, -0.2) is 51.3 Å². The predicted molar refractivity (Wildman–Crippen MR) is 99.5 cm³/mol. The highest BCUT2D eigenvalue weighted by Gasteiger charge is 2.36. The first kappa shape index (κ1) is 20.4. The molecule has 0 radical (unpaired) electrons. The average molecular weight is 375 g/mol. The maximum atomic E-state index is 12.6. The molecule has 146 valence electrons. The fourth-order valence-corrected chi connectivity index (χ4v) is 2.95. The maximum Gasteiger partial charge on any atom is 0.336 e. The van der Waals surface area contributed by atoms with Gasteiger partial charge in [-0.1, -0.05) is 6.07 Å². The molecule has 7 nitrogen and oxygen atoms in total. The fourth-order valence-electron chi connectivity index (χ4n) is 2.95. The predicted octanol–water partition coefficient (Wildman–Crippen LogP) is 2.63. The lowest BCUT2D eigenvalue weighted by atomic mass is 9.83. The molecule has 0 spiro atoms. The summed E-state index contributed by atoms with van der Waals surface area (Å²) < 4.78 is 21.2. The molecule has 0 saturated carbocycles. The van der Waals surface area contributed by atoms with Crippen molar-refractivity contribution in [2.45, 2.75) is 19.8 Å². The summed E-state index contributed by atoms with van der Waals surface area (Å²) in [5.41, 5.74) is 1.30. The lowest BCUT2D eigenvalue weighted by Gasteiger charge is -2.29. The van der Waals surface area contributed by atoms with Crippen LogP contribution in [0, 0.1) is 0 Å². The zero-order valence-electron chi connectivity index (χ0n) is 16.3. The number of ether oxygens (including phenoxy) is 4. The van der Waals surface area contributed by atoms with Gasteiger partial charge in [-0.15, -0.1) is 0 Å². The van der Waals surface area contributed by atoms with Crippen LogP contribution in [0.3, 0.4) is 0 Å². The molecular formula is C20H25NO6. The minimum atomic E-state index is -0.680. The third-order valence-electron chi connectivity index (χ3n) is 4.08. The highest BCUT2D eigenvalue weighted by molar-refractivity contribution is 5.99. The molecule has 2 rings (SSSR count). The molecule has 0 unspecified atom stereocenters. The van der Waals surface area contributed by atoms with Crippen LogP contribution in [0.2, 0.25) is 0 Å². The summed E-state index contributed by atoms with van der Waals surface area (Å²) in [5, 5.41) is 0. The van der Waals surface area contributed by atoms with Crippen molar-refractivity contribution in [1.82, 2.24) is 4.90 Å². The quantitative estimate of drug-likeness (QED) is 0.678. The van der Waals surface area contributed by atoms with Gasteiger partial charge in [0.25, 0.3) is 0 Å². The molecule has 0 N–H and O–H groups in total. The van der Waals surface area contributed by atoms with E-state index in [4.69, 9.17) is 18.9 Å². The molecule has 0 aliphatic carbocycles. The summed E-state index contributed by atoms with van der Waals surface area (Å²) in [6.45, 7) is 3.92. The third-order valence-corrected chi connectivity index (χ3v) is 4.08. The molecular weight excluding hydrogens is 350 g/mol. The Morgan fingerprint density at radius 3 is 1.96 bits per heavy atom. The van der Waals surface area contributed by atoms with Crippen molar-refractivity contribution >= 4 is 11.9 Å². The monoisotopic (exact) mass is 375 g/mol. The molecule has 1 aromatic carbocycles. The first-order valence-electron chi connectivity index (χ1n) is 8.68. The van der Waals surface area contributed by atoms with Crippen LogP contribution in [-0.2, 0) is 19.1 Å². The van der Waals surface area contributed by atoms with E-state index in [1.807, 2.05) is 0 Å². The van der Waals surface area contributed by atoms with Gasteiger partial charge >= 0.3 is 11.9 Å². The molecule has 1 aliphatic rings. The van der Waals surface area contributed by atoms with E-state index in [1.54, 1.807) is 63.5 Å². The second kappa shape index (κ2) is 9.12. The smallest absolute Gasteiger partial charge is 0.336 e. The van der Waals surface area contributed by atoms with Gasteiger partial charge in [0.2, 0.25) is 0 Å². The Balaban J connectivity index is 2.62. The fraction of sp³-hybridized carbons (Fsp3) is 0.400. The zero-order chi connectivity index (χ0) is 20.0. The number of methoxy groups -OCH3 is 2. The van der Waals surface area contributed by atoms with Gasteiger partial charge in [0, 0.05) is 31.1 Å². The van der Waals surface area contributed by atoms with E-state index in [0.717, 1.165) is 0 Å². The van der Waals surface area contributed by atoms with Gasteiger partial charge in [-0.05, 0) is 19.9 Å². The van der Waals surface area contributed by atoms with E-state index in [0.29, 0.717) is 28.2 Å².